The van der Waals surface area contributed by atoms with Crippen LogP contribution in [-0.4, -0.2) is 18.7 Å². The maximum Gasteiger partial charge on any atom is 0.242 e. The molecule has 0 N–H and O–H groups in total. The molecule has 0 aliphatic heterocycles. The van der Waals surface area contributed by atoms with Crippen molar-refractivity contribution in [3.05, 3.63) is 200 Å². The van der Waals surface area contributed by atoms with E-state index in [-0.39, 0.29) is 21.1 Å². The number of pyridine rings is 1. The van der Waals surface area contributed by atoms with E-state index in [1.165, 1.54) is 65.0 Å². The third-order valence-electron chi connectivity index (χ3n) is 15.6. The summed E-state index contributed by atoms with van der Waals surface area (Å²) in [7, 11) is 2.02. The van der Waals surface area contributed by atoms with E-state index in [0.29, 0.717) is 23.3 Å². The number of aromatic nitrogens is 5. The Labute approximate surface area is 404 Å². The minimum Gasteiger partial charge on any atom is -0.510 e. The Morgan fingerprint density at radius 3 is 2.00 bits per heavy atom. The van der Waals surface area contributed by atoms with Crippen molar-refractivity contribution in [1.29, 1.82) is 0 Å². The van der Waals surface area contributed by atoms with E-state index >= 15 is 0 Å². The van der Waals surface area contributed by atoms with Crippen LogP contribution in [0.2, 0.25) is 0 Å². The van der Waals surface area contributed by atoms with Crippen molar-refractivity contribution in [3.8, 4) is 28.7 Å². The van der Waals surface area contributed by atoms with Gasteiger partial charge in [-0.1, -0.05) is 102 Å². The van der Waals surface area contributed by atoms with Gasteiger partial charge in [0.15, 0.2) is 0 Å². The number of ether oxygens (including phenoxy) is 1. The van der Waals surface area contributed by atoms with Crippen LogP contribution in [0, 0.1) is 48.0 Å². The monoisotopic (exact) mass is 1050 g/mol. The Kier molecular flexibility index (Phi) is 9.65. The molecule has 67 heavy (non-hydrogen) atoms. The molecule has 0 spiro atoms. The second-order valence-corrected chi connectivity index (χ2v) is 19.3. The van der Waals surface area contributed by atoms with Crippen LogP contribution in [0.5, 0.6) is 11.5 Å². The van der Waals surface area contributed by atoms with Gasteiger partial charge < -0.3 is 23.0 Å². The summed E-state index contributed by atoms with van der Waals surface area (Å²) < 4.78 is 15.5. The van der Waals surface area contributed by atoms with Gasteiger partial charge in [0.2, 0.25) is 6.33 Å². The molecule has 4 aliphatic carbocycles. The van der Waals surface area contributed by atoms with Crippen LogP contribution < -0.4 is 9.30 Å². The minimum atomic E-state index is 0. The molecular weight excluding hydrogens is 1000 g/mol. The molecule has 4 fully saturated rings. The van der Waals surface area contributed by atoms with Gasteiger partial charge in [-0.3, -0.25) is 0 Å². The molecule has 6 nitrogen and oxygen atoms in total. The van der Waals surface area contributed by atoms with Crippen molar-refractivity contribution in [1.82, 2.24) is 18.7 Å². The molecule has 4 aliphatic rings. The van der Waals surface area contributed by atoms with Crippen LogP contribution in [0.3, 0.4) is 0 Å². The Morgan fingerprint density at radius 2 is 1.24 bits per heavy atom. The topological polar surface area (TPSA) is 40.8 Å². The summed E-state index contributed by atoms with van der Waals surface area (Å²) in [6.45, 7) is 0. The normalized spacial score (nSPS) is 20.3. The predicted octanol–water partition coefficient (Wildman–Crippen LogP) is 13.4. The molecule has 7 heteroatoms. The summed E-state index contributed by atoms with van der Waals surface area (Å²) in [4.78, 5) is 5.22. The predicted molar refractivity (Wildman–Crippen MR) is 263 cm³/mol. The minimum absolute atomic E-state index is 0. The second kappa shape index (κ2) is 16.0. The van der Waals surface area contributed by atoms with Gasteiger partial charge in [-0.05, 0) is 121 Å². The second-order valence-electron chi connectivity index (χ2n) is 19.3. The Morgan fingerprint density at radius 1 is 0.567 bits per heavy atom. The SMILES string of the molecule is C[n+]1[c-]n(-c2[c-]c(Oc3[c-]c4c(cc3)c3cc(-n5c6ccccc6c6ccccc65)ccc3n4-c3cc(C(c4ccccc4)C4C5CC6CC(C5)CC4C6)ccn3)ccc2)c2ccccc21.[Pt]. The molecule has 1 atom stereocenters. The first kappa shape index (κ1) is 40.5. The first-order valence-electron chi connectivity index (χ1n) is 23.7. The number of rotatable bonds is 8. The van der Waals surface area contributed by atoms with Gasteiger partial charge in [0.1, 0.15) is 5.82 Å². The zero-order valence-electron chi connectivity index (χ0n) is 37.1. The maximum atomic E-state index is 6.70. The molecule has 0 radical (unpaired) electrons. The van der Waals surface area contributed by atoms with E-state index in [2.05, 4.69) is 167 Å². The first-order valence-corrected chi connectivity index (χ1v) is 23.7. The van der Waals surface area contributed by atoms with Crippen LogP contribution in [0.25, 0.3) is 71.8 Å². The van der Waals surface area contributed by atoms with Crippen molar-refractivity contribution in [3.63, 3.8) is 0 Å². The number of imidazole rings is 1. The van der Waals surface area contributed by atoms with Crippen molar-refractivity contribution < 1.29 is 30.4 Å². The van der Waals surface area contributed by atoms with Gasteiger partial charge in [-0.15, -0.1) is 29.7 Å². The summed E-state index contributed by atoms with van der Waals surface area (Å²) in [5.41, 5.74) is 11.3. The summed E-state index contributed by atoms with van der Waals surface area (Å²) in [6.07, 6.45) is 12.5. The van der Waals surface area contributed by atoms with E-state index in [9.17, 15) is 0 Å². The fourth-order valence-corrected chi connectivity index (χ4v) is 13.2. The Hall–Kier alpha value is -6.75. The third-order valence-corrected chi connectivity index (χ3v) is 15.6. The fraction of sp³-hybridized carbons (Fsp3) is 0.200. The molecule has 4 aromatic heterocycles. The van der Waals surface area contributed by atoms with Gasteiger partial charge >= 0.3 is 0 Å². The summed E-state index contributed by atoms with van der Waals surface area (Å²) in [5.74, 6) is 6.43. The molecule has 330 valence electrons. The molecule has 0 amide bonds. The van der Waals surface area contributed by atoms with Crippen LogP contribution >= 0.6 is 0 Å². The summed E-state index contributed by atoms with van der Waals surface area (Å²) in [6, 6.07) is 66.2. The van der Waals surface area contributed by atoms with Crippen molar-refractivity contribution >= 4 is 54.6 Å². The van der Waals surface area contributed by atoms with Gasteiger partial charge in [0, 0.05) is 66.7 Å². The van der Waals surface area contributed by atoms with Gasteiger partial charge in [0.05, 0.1) is 29.1 Å². The Balaban J connectivity index is 0.00000446. The zero-order valence-corrected chi connectivity index (χ0v) is 39.4. The molecule has 11 aromatic rings. The van der Waals surface area contributed by atoms with Gasteiger partial charge in [-0.25, -0.2) is 4.98 Å². The van der Waals surface area contributed by atoms with E-state index in [1.807, 2.05) is 46.6 Å². The van der Waals surface area contributed by atoms with Crippen LogP contribution in [-0.2, 0) is 28.1 Å². The third kappa shape index (κ3) is 6.54. The van der Waals surface area contributed by atoms with Crippen molar-refractivity contribution in [2.75, 3.05) is 0 Å². The number of para-hydroxylation sites is 4. The van der Waals surface area contributed by atoms with Crippen LogP contribution in [0.4, 0.5) is 0 Å². The van der Waals surface area contributed by atoms with Crippen LogP contribution in [0.1, 0.15) is 49.1 Å². The standard InChI is InChI=1S/C60H47N5O.Pt/c1-62-37-63(56-21-10-9-20-55(56)62)44-14-11-15-46(34-44)66-47-23-24-50-51-35-45(64-52-18-7-5-16-48(52)49-17-6-8-19-53(49)64)22-25-54(51)65(57(50)36-47)58-33-41(26-27-61-58)59(40-12-3-2-4-13-40)60-42-29-38-28-39(31-42)32-43(60)30-38;/h2-27,33,35,38-39,42-43,59-60H,28-32H2,1H3;/q-2;. The number of nitrogens with zero attached hydrogens (tertiary/aromatic N) is 5. The Bertz CT molecular complexity index is 3610. The molecule has 0 saturated heterocycles. The zero-order chi connectivity index (χ0) is 43.5. The quantitative estimate of drug-likeness (QED) is 0.112. The fourth-order valence-electron chi connectivity index (χ4n) is 13.2. The number of hydrogen-bond acceptors (Lipinski definition) is 2. The summed E-state index contributed by atoms with van der Waals surface area (Å²) in [5, 5.41) is 4.72. The molecule has 4 saturated carbocycles. The van der Waals surface area contributed by atoms with Crippen molar-refractivity contribution in [2.45, 2.75) is 38.0 Å². The van der Waals surface area contributed by atoms with E-state index in [0.717, 1.165) is 73.7 Å². The number of hydrogen-bond donors (Lipinski definition) is 0. The smallest absolute Gasteiger partial charge is 0.242 e. The molecular formula is C60H47N5OPt-2. The van der Waals surface area contributed by atoms with Gasteiger partial charge in [-0.2, -0.15) is 18.2 Å². The van der Waals surface area contributed by atoms with Gasteiger partial charge in [0.25, 0.3) is 0 Å². The largest absolute Gasteiger partial charge is 0.510 e. The van der Waals surface area contributed by atoms with Crippen LogP contribution in [0.15, 0.2) is 170 Å². The average Bonchev–Trinajstić information content (AvgIpc) is 3.99. The van der Waals surface area contributed by atoms with E-state index < -0.39 is 0 Å². The van der Waals surface area contributed by atoms with Crippen molar-refractivity contribution in [2.24, 2.45) is 36.6 Å². The molecule has 7 aromatic carbocycles. The van der Waals surface area contributed by atoms with E-state index in [1.54, 1.807) is 0 Å². The first-order chi connectivity index (χ1) is 32.6. The molecule has 4 bridgehead atoms. The maximum absolute atomic E-state index is 6.70. The van der Waals surface area contributed by atoms with E-state index in [4.69, 9.17) is 9.72 Å². The molecule has 15 rings (SSSR count). The number of benzene rings is 7. The number of aryl methyl sites for hydroxylation is 1. The summed E-state index contributed by atoms with van der Waals surface area (Å²) >= 11 is 0. The number of fused-ring (bicyclic) bond motifs is 7. The average molecular weight is 1050 g/mol. The molecule has 1 unspecified atom stereocenters. The molecule has 4 heterocycles.